The van der Waals surface area contributed by atoms with Crippen molar-refractivity contribution in [2.75, 3.05) is 5.75 Å². The van der Waals surface area contributed by atoms with Crippen LogP contribution in [0.3, 0.4) is 0 Å². The van der Waals surface area contributed by atoms with Crippen LogP contribution in [0.15, 0.2) is 82.7 Å². The van der Waals surface area contributed by atoms with Crippen LogP contribution in [0.4, 0.5) is 0 Å². The molecule has 2 aromatic carbocycles. The van der Waals surface area contributed by atoms with Gasteiger partial charge in [0.25, 0.3) is 0 Å². The summed E-state index contributed by atoms with van der Waals surface area (Å²) in [5.74, 6) is -1.09. The molecule has 164 valence electrons. The van der Waals surface area contributed by atoms with Crippen molar-refractivity contribution in [3.05, 3.63) is 93.9 Å². The molecular formula is C23H21N3O4S2. The van der Waals surface area contributed by atoms with Gasteiger partial charge in [0, 0.05) is 16.7 Å². The summed E-state index contributed by atoms with van der Waals surface area (Å²) in [7, 11) is 0. The zero-order valence-electron chi connectivity index (χ0n) is 16.9. The molecule has 0 radical (unpaired) electrons. The van der Waals surface area contributed by atoms with Crippen LogP contribution in [0.2, 0.25) is 0 Å². The average molecular weight is 468 g/mol. The maximum absolute atomic E-state index is 13.5. The van der Waals surface area contributed by atoms with Gasteiger partial charge in [0.2, 0.25) is 11.8 Å². The van der Waals surface area contributed by atoms with Crippen molar-refractivity contribution in [3.63, 3.8) is 0 Å². The topological polar surface area (TPSA) is 116 Å². The number of hydrogen-bond donors (Lipinski definition) is 2. The summed E-state index contributed by atoms with van der Waals surface area (Å²) < 4.78 is 5.99. The summed E-state index contributed by atoms with van der Waals surface area (Å²) in [6.07, 6.45) is 0.556. The summed E-state index contributed by atoms with van der Waals surface area (Å²) in [6, 6.07) is 18.2. The molecule has 0 aliphatic carbocycles. The molecule has 4 N–H and O–H groups in total. The zero-order chi connectivity index (χ0) is 22.7. The summed E-state index contributed by atoms with van der Waals surface area (Å²) in [5, 5.41) is 1.18. The first-order valence-corrected chi connectivity index (χ1v) is 11.8. The minimum absolute atomic E-state index is 0.163. The molecule has 2 aliphatic rings. The van der Waals surface area contributed by atoms with E-state index in [2.05, 4.69) is 0 Å². The highest BCUT2D eigenvalue weighted by molar-refractivity contribution is 8.08. The largest absolute Gasteiger partial charge is 0.448 e. The first-order valence-electron chi connectivity index (χ1n) is 9.84. The standard InChI is InChI=1S/C23H21N3O4S2/c24-17(27)11-12-31-16-13-32-22-18(25)21(28)26(22)19(16)23(29)30-20(14-7-3-1-4-8-14)15-9-5-2-6-10-15/h1-12,18,20,22H,13,25H2,(H2,24,27)/b12-11-/t18-,22+/m1/s1. The van der Waals surface area contributed by atoms with Gasteiger partial charge in [-0.15, -0.1) is 11.8 Å². The minimum atomic E-state index is -0.658. The lowest BCUT2D eigenvalue weighted by Crippen LogP contribution is -2.68. The molecule has 2 heterocycles. The lowest BCUT2D eigenvalue weighted by atomic mass is 10.0. The Labute approximate surface area is 193 Å². The minimum Gasteiger partial charge on any atom is -0.448 e. The Hall–Kier alpha value is -3.01. The van der Waals surface area contributed by atoms with E-state index in [-0.39, 0.29) is 17.0 Å². The molecule has 2 aromatic rings. The molecule has 9 heteroatoms. The number of thioether (sulfide) groups is 2. The fraction of sp³-hybridized carbons (Fsp3) is 0.174. The summed E-state index contributed by atoms with van der Waals surface area (Å²) in [5.41, 5.74) is 12.9. The number of ether oxygens (including phenoxy) is 1. The van der Waals surface area contributed by atoms with Crippen molar-refractivity contribution in [2.24, 2.45) is 11.5 Å². The fourth-order valence-corrected chi connectivity index (χ4v) is 5.78. The molecule has 1 fully saturated rings. The Morgan fingerprint density at radius 3 is 2.25 bits per heavy atom. The predicted octanol–water partition coefficient (Wildman–Crippen LogP) is 2.51. The molecule has 2 aliphatic heterocycles. The van der Waals surface area contributed by atoms with Gasteiger partial charge < -0.3 is 16.2 Å². The van der Waals surface area contributed by atoms with Crippen molar-refractivity contribution in [3.8, 4) is 0 Å². The number of hydrogen-bond acceptors (Lipinski definition) is 7. The molecule has 32 heavy (non-hydrogen) atoms. The molecule has 4 rings (SSSR count). The maximum Gasteiger partial charge on any atom is 0.356 e. The Bertz CT molecular complexity index is 1050. The highest BCUT2D eigenvalue weighted by Crippen LogP contribution is 2.44. The molecule has 2 amide bonds. The average Bonchev–Trinajstić information content (AvgIpc) is 2.82. The molecule has 1 saturated heterocycles. The molecule has 0 saturated carbocycles. The van der Waals surface area contributed by atoms with E-state index in [0.717, 1.165) is 11.1 Å². The molecule has 0 spiro atoms. The number of primary amides is 1. The number of amides is 2. The van der Waals surface area contributed by atoms with Gasteiger partial charge in [0.15, 0.2) is 6.10 Å². The number of carbonyl (C=O) groups excluding carboxylic acids is 3. The van der Waals surface area contributed by atoms with E-state index in [1.165, 1.54) is 39.9 Å². The number of β-lactam (4-membered cyclic amide) rings is 1. The van der Waals surface area contributed by atoms with Gasteiger partial charge in [-0.05, 0) is 16.5 Å². The second-order valence-electron chi connectivity index (χ2n) is 7.14. The van der Waals surface area contributed by atoms with Crippen LogP contribution in [-0.2, 0) is 19.1 Å². The first-order chi connectivity index (χ1) is 15.5. The maximum atomic E-state index is 13.5. The number of fused-ring (bicyclic) bond motifs is 1. The first kappa shape index (κ1) is 22.2. The van der Waals surface area contributed by atoms with E-state index >= 15 is 0 Å². The molecule has 0 unspecified atom stereocenters. The molecule has 2 atom stereocenters. The molecule has 0 aromatic heterocycles. The van der Waals surface area contributed by atoms with Crippen LogP contribution in [0, 0.1) is 0 Å². The smallest absolute Gasteiger partial charge is 0.356 e. The number of nitrogens with zero attached hydrogens (tertiary/aromatic N) is 1. The summed E-state index contributed by atoms with van der Waals surface area (Å²) in [6.45, 7) is 0. The van der Waals surface area contributed by atoms with Crippen LogP contribution in [0.1, 0.15) is 17.2 Å². The quantitative estimate of drug-likeness (QED) is 0.365. The van der Waals surface area contributed by atoms with Crippen LogP contribution in [0.25, 0.3) is 0 Å². The van der Waals surface area contributed by atoms with Gasteiger partial charge in [-0.2, -0.15) is 0 Å². The normalized spacial score (nSPS) is 20.3. The molecule has 7 nitrogen and oxygen atoms in total. The lowest BCUT2D eigenvalue weighted by Gasteiger charge is -2.48. The number of benzene rings is 2. The molecule has 0 bridgehead atoms. The number of rotatable bonds is 7. The predicted molar refractivity (Wildman–Crippen MR) is 125 cm³/mol. The van der Waals surface area contributed by atoms with Crippen molar-refractivity contribution in [2.45, 2.75) is 17.5 Å². The van der Waals surface area contributed by atoms with Gasteiger partial charge in [0.1, 0.15) is 17.1 Å². The highest BCUT2D eigenvalue weighted by Gasteiger charge is 2.52. The van der Waals surface area contributed by atoms with Crippen LogP contribution in [-0.4, -0.2) is 39.9 Å². The van der Waals surface area contributed by atoms with Gasteiger partial charge in [-0.3, -0.25) is 14.5 Å². The van der Waals surface area contributed by atoms with E-state index in [0.29, 0.717) is 10.7 Å². The lowest BCUT2D eigenvalue weighted by molar-refractivity contribution is -0.152. The summed E-state index contributed by atoms with van der Waals surface area (Å²) >= 11 is 2.63. The van der Waals surface area contributed by atoms with E-state index in [4.69, 9.17) is 16.2 Å². The number of nitrogens with two attached hydrogens (primary N) is 2. The van der Waals surface area contributed by atoms with Gasteiger partial charge >= 0.3 is 5.97 Å². The van der Waals surface area contributed by atoms with Crippen molar-refractivity contribution < 1.29 is 19.1 Å². The Morgan fingerprint density at radius 2 is 1.69 bits per heavy atom. The Kier molecular flexibility index (Phi) is 6.69. The van der Waals surface area contributed by atoms with E-state index in [9.17, 15) is 14.4 Å². The van der Waals surface area contributed by atoms with Crippen molar-refractivity contribution in [1.82, 2.24) is 4.90 Å². The second-order valence-corrected chi connectivity index (χ2v) is 9.24. The fourth-order valence-electron chi connectivity index (χ4n) is 3.50. The number of carbonyl (C=O) groups is 3. The second kappa shape index (κ2) is 9.64. The SMILES string of the molecule is NC(=O)/C=C\SC1=C(C(=O)OC(c2ccccc2)c2ccccc2)N2C(=O)[C@@H](N)[C@@H]2SC1. The third-order valence-corrected chi connectivity index (χ3v) is 7.42. The molecular weight excluding hydrogens is 446 g/mol. The van der Waals surface area contributed by atoms with Crippen LogP contribution in [0.5, 0.6) is 0 Å². The van der Waals surface area contributed by atoms with Crippen molar-refractivity contribution >= 4 is 41.3 Å². The monoisotopic (exact) mass is 467 g/mol. The van der Waals surface area contributed by atoms with E-state index in [1.54, 1.807) is 0 Å². The highest BCUT2D eigenvalue weighted by atomic mass is 32.2. The van der Waals surface area contributed by atoms with Gasteiger partial charge in [-0.1, -0.05) is 72.4 Å². The van der Waals surface area contributed by atoms with E-state index in [1.807, 2.05) is 60.7 Å². The van der Waals surface area contributed by atoms with Gasteiger partial charge in [0.05, 0.1) is 0 Å². The van der Waals surface area contributed by atoms with Crippen LogP contribution >= 0.6 is 23.5 Å². The van der Waals surface area contributed by atoms with Gasteiger partial charge in [-0.25, -0.2) is 4.79 Å². The number of esters is 1. The van der Waals surface area contributed by atoms with E-state index < -0.39 is 24.0 Å². The summed E-state index contributed by atoms with van der Waals surface area (Å²) in [4.78, 5) is 39.0. The Morgan fingerprint density at radius 1 is 1.09 bits per heavy atom. The van der Waals surface area contributed by atoms with Crippen LogP contribution < -0.4 is 11.5 Å². The Balaban J connectivity index is 1.68. The third kappa shape index (κ3) is 4.45. The van der Waals surface area contributed by atoms with Crippen molar-refractivity contribution in [1.29, 1.82) is 0 Å². The zero-order valence-corrected chi connectivity index (χ0v) is 18.6. The third-order valence-electron chi connectivity index (χ3n) is 5.04.